The van der Waals surface area contributed by atoms with E-state index in [2.05, 4.69) is 5.10 Å². The van der Waals surface area contributed by atoms with Crippen molar-refractivity contribution >= 4 is 21.6 Å². The van der Waals surface area contributed by atoms with Crippen LogP contribution in [0.4, 0.5) is 0 Å². The lowest BCUT2D eigenvalue weighted by Crippen LogP contribution is -2.26. The van der Waals surface area contributed by atoms with Gasteiger partial charge in [0, 0.05) is 14.1 Å². The summed E-state index contributed by atoms with van der Waals surface area (Å²) in [7, 11) is -0.627. The number of sulfonamides is 1. The number of furan rings is 1. The second kappa shape index (κ2) is 4.99. The highest BCUT2D eigenvalue weighted by molar-refractivity contribution is 7.89. The molecule has 0 aromatic carbocycles. The van der Waals surface area contributed by atoms with Gasteiger partial charge in [-0.1, -0.05) is 11.6 Å². The number of hydrogen-bond acceptors (Lipinski definition) is 4. The smallest absolute Gasteiger partial charge is 0.248 e. The molecule has 0 saturated heterocycles. The predicted molar refractivity (Wildman–Crippen MR) is 70.3 cm³/mol. The fraction of sp³-hybridized carbons (Fsp3) is 0.364. The molecule has 0 aliphatic heterocycles. The second-order valence-corrected chi connectivity index (χ2v) is 6.51. The molecule has 0 aliphatic rings. The molecule has 0 spiro atoms. The van der Waals surface area contributed by atoms with Crippen molar-refractivity contribution in [1.29, 1.82) is 0 Å². The number of nitrogens with zero attached hydrogens (tertiary/aromatic N) is 3. The SMILES string of the molecule is Cc1nn(C)c(Cl)c1S(=O)(=O)N(C)Cc1ccco1. The van der Waals surface area contributed by atoms with Gasteiger partial charge in [-0.3, -0.25) is 4.68 Å². The molecule has 6 nitrogen and oxygen atoms in total. The van der Waals surface area contributed by atoms with Crippen LogP contribution in [0.5, 0.6) is 0 Å². The molecule has 2 aromatic heterocycles. The summed E-state index contributed by atoms with van der Waals surface area (Å²) in [6.07, 6.45) is 1.50. The molecule has 0 radical (unpaired) electrons. The first kappa shape index (κ1) is 14.1. The summed E-state index contributed by atoms with van der Waals surface area (Å²) in [5.41, 5.74) is 0.374. The van der Waals surface area contributed by atoms with E-state index < -0.39 is 10.0 Å². The van der Waals surface area contributed by atoms with E-state index in [1.54, 1.807) is 26.1 Å². The third kappa shape index (κ3) is 2.54. The van der Waals surface area contributed by atoms with Crippen LogP contribution in [0, 0.1) is 6.92 Å². The molecule has 0 atom stereocenters. The molecule has 0 amide bonds. The Morgan fingerprint density at radius 2 is 2.21 bits per heavy atom. The molecule has 2 aromatic rings. The minimum atomic E-state index is -3.70. The van der Waals surface area contributed by atoms with Gasteiger partial charge in [0.2, 0.25) is 10.0 Å². The Bertz CT molecular complexity index is 676. The molecule has 2 rings (SSSR count). The van der Waals surface area contributed by atoms with E-state index in [-0.39, 0.29) is 16.6 Å². The van der Waals surface area contributed by atoms with Gasteiger partial charge in [-0.05, 0) is 19.1 Å². The fourth-order valence-corrected chi connectivity index (χ4v) is 3.60. The number of hydrogen-bond donors (Lipinski definition) is 0. The van der Waals surface area contributed by atoms with Gasteiger partial charge in [0.1, 0.15) is 15.8 Å². The van der Waals surface area contributed by atoms with Crippen LogP contribution < -0.4 is 0 Å². The molecule has 19 heavy (non-hydrogen) atoms. The number of aryl methyl sites for hydroxylation is 2. The Hall–Kier alpha value is -1.31. The summed E-state index contributed by atoms with van der Waals surface area (Å²) in [6.45, 7) is 1.75. The lowest BCUT2D eigenvalue weighted by Gasteiger charge is -2.15. The Labute approximate surface area is 116 Å². The lowest BCUT2D eigenvalue weighted by atomic mass is 10.4. The van der Waals surface area contributed by atoms with E-state index in [4.69, 9.17) is 16.0 Å². The van der Waals surface area contributed by atoms with Crippen LogP contribution in [-0.4, -0.2) is 29.6 Å². The van der Waals surface area contributed by atoms with Crippen LogP contribution in [0.3, 0.4) is 0 Å². The third-order valence-electron chi connectivity index (χ3n) is 2.73. The van der Waals surface area contributed by atoms with E-state index in [0.29, 0.717) is 11.5 Å². The molecule has 104 valence electrons. The van der Waals surface area contributed by atoms with Crippen molar-refractivity contribution < 1.29 is 12.8 Å². The third-order valence-corrected chi connectivity index (χ3v) is 5.23. The van der Waals surface area contributed by atoms with E-state index in [9.17, 15) is 8.42 Å². The monoisotopic (exact) mass is 303 g/mol. The van der Waals surface area contributed by atoms with Gasteiger partial charge >= 0.3 is 0 Å². The average Bonchev–Trinajstić information content (AvgIpc) is 2.88. The first-order valence-corrected chi connectivity index (χ1v) is 7.33. The Morgan fingerprint density at radius 3 is 2.68 bits per heavy atom. The average molecular weight is 304 g/mol. The molecular formula is C11H14ClN3O3S. The van der Waals surface area contributed by atoms with Crippen molar-refractivity contribution in [3.8, 4) is 0 Å². The van der Waals surface area contributed by atoms with Gasteiger partial charge in [-0.2, -0.15) is 9.40 Å². The van der Waals surface area contributed by atoms with Crippen LogP contribution in [0.25, 0.3) is 0 Å². The molecule has 8 heteroatoms. The van der Waals surface area contributed by atoms with Crippen LogP contribution >= 0.6 is 11.6 Å². The van der Waals surface area contributed by atoms with Crippen molar-refractivity contribution in [2.45, 2.75) is 18.4 Å². The Morgan fingerprint density at radius 1 is 1.53 bits per heavy atom. The summed E-state index contributed by atoms with van der Waals surface area (Å²) in [4.78, 5) is 0.0331. The normalized spacial score (nSPS) is 12.3. The van der Waals surface area contributed by atoms with E-state index >= 15 is 0 Å². The van der Waals surface area contributed by atoms with Gasteiger partial charge in [-0.25, -0.2) is 8.42 Å². The summed E-state index contributed by atoms with van der Waals surface area (Å²) >= 11 is 6.00. The van der Waals surface area contributed by atoms with Crippen molar-refractivity contribution in [2.24, 2.45) is 7.05 Å². The van der Waals surface area contributed by atoms with Crippen molar-refractivity contribution in [3.05, 3.63) is 35.0 Å². The van der Waals surface area contributed by atoms with Crippen molar-refractivity contribution in [3.63, 3.8) is 0 Å². The minimum absolute atomic E-state index is 0.0331. The van der Waals surface area contributed by atoms with Crippen LogP contribution in [0.15, 0.2) is 27.7 Å². The minimum Gasteiger partial charge on any atom is -0.468 e. The standard InChI is InChI=1S/C11H14ClN3O3S/c1-8-10(11(12)15(3)13-8)19(16,17)14(2)7-9-5-4-6-18-9/h4-6H,7H2,1-3H3. The second-order valence-electron chi connectivity index (χ2n) is 4.17. The van der Waals surface area contributed by atoms with E-state index in [1.165, 1.54) is 22.3 Å². The highest BCUT2D eigenvalue weighted by Crippen LogP contribution is 2.27. The van der Waals surface area contributed by atoms with E-state index in [1.807, 2.05) is 0 Å². The van der Waals surface area contributed by atoms with Crippen molar-refractivity contribution in [1.82, 2.24) is 14.1 Å². The summed E-state index contributed by atoms with van der Waals surface area (Å²) in [5.74, 6) is 0.559. The highest BCUT2D eigenvalue weighted by atomic mass is 35.5. The van der Waals surface area contributed by atoms with Crippen LogP contribution in [0.2, 0.25) is 5.15 Å². The first-order chi connectivity index (χ1) is 8.84. The molecule has 0 fully saturated rings. The van der Waals surface area contributed by atoms with Crippen molar-refractivity contribution in [2.75, 3.05) is 7.05 Å². The van der Waals surface area contributed by atoms with Gasteiger partial charge in [0.15, 0.2) is 0 Å². The molecule has 2 heterocycles. The molecule has 0 aliphatic carbocycles. The quantitative estimate of drug-likeness (QED) is 0.863. The molecule has 0 N–H and O–H groups in total. The fourth-order valence-electron chi connectivity index (χ4n) is 1.77. The highest BCUT2D eigenvalue weighted by Gasteiger charge is 2.29. The molecule has 0 unspecified atom stereocenters. The number of rotatable bonds is 4. The lowest BCUT2D eigenvalue weighted by molar-refractivity contribution is 0.406. The summed E-state index contributed by atoms with van der Waals surface area (Å²) < 4.78 is 32.6. The van der Waals surface area contributed by atoms with Crippen LogP contribution in [-0.2, 0) is 23.6 Å². The Balaban J connectivity index is 2.36. The van der Waals surface area contributed by atoms with Gasteiger partial charge in [0.05, 0.1) is 18.5 Å². The maximum Gasteiger partial charge on any atom is 0.248 e. The molecule has 0 bridgehead atoms. The molecule has 0 saturated carbocycles. The predicted octanol–water partition coefficient (Wildman–Crippen LogP) is 1.80. The molecular weight excluding hydrogens is 290 g/mol. The number of aromatic nitrogens is 2. The van der Waals surface area contributed by atoms with E-state index in [0.717, 1.165) is 0 Å². The summed E-state index contributed by atoms with van der Waals surface area (Å²) in [5, 5.41) is 4.11. The zero-order valence-electron chi connectivity index (χ0n) is 10.8. The zero-order valence-corrected chi connectivity index (χ0v) is 12.4. The van der Waals surface area contributed by atoms with Gasteiger partial charge in [-0.15, -0.1) is 0 Å². The van der Waals surface area contributed by atoms with Gasteiger partial charge < -0.3 is 4.42 Å². The maximum absolute atomic E-state index is 12.5. The Kier molecular flexibility index (Phi) is 3.71. The zero-order chi connectivity index (χ0) is 14.2. The maximum atomic E-state index is 12.5. The number of halogens is 1. The largest absolute Gasteiger partial charge is 0.468 e. The summed E-state index contributed by atoms with van der Waals surface area (Å²) in [6, 6.07) is 3.42. The topological polar surface area (TPSA) is 68.3 Å². The van der Waals surface area contributed by atoms with Crippen LogP contribution in [0.1, 0.15) is 11.5 Å². The van der Waals surface area contributed by atoms with Gasteiger partial charge in [0.25, 0.3) is 0 Å². The first-order valence-electron chi connectivity index (χ1n) is 5.52.